The minimum atomic E-state index is -3.41. The van der Waals surface area contributed by atoms with Gasteiger partial charge in [0, 0.05) is 34.4 Å². The fraction of sp³-hybridized carbons (Fsp3) is 0.286. The van der Waals surface area contributed by atoms with Gasteiger partial charge in [-0.1, -0.05) is 17.7 Å². The summed E-state index contributed by atoms with van der Waals surface area (Å²) in [5.74, 6) is 0. The summed E-state index contributed by atoms with van der Waals surface area (Å²) in [5.41, 5.74) is 1.04. The standard InChI is InChI=1S/C14H17BrN2O2S2/c1-11-2-4-14(5-3-11)21(18,19)17-7-6-16-9-13-8-12(15)10-20-13/h2-5,8,10,16-17H,6-7,9H2,1H3. The maximum Gasteiger partial charge on any atom is 0.240 e. The number of halogens is 1. The number of aryl methyl sites for hydroxylation is 1. The zero-order chi connectivity index (χ0) is 15.3. The molecule has 0 atom stereocenters. The molecule has 2 N–H and O–H groups in total. The smallest absolute Gasteiger partial charge is 0.240 e. The van der Waals surface area contributed by atoms with E-state index in [1.807, 2.05) is 18.4 Å². The van der Waals surface area contributed by atoms with E-state index in [-0.39, 0.29) is 0 Å². The molecule has 0 unspecified atom stereocenters. The molecule has 0 amide bonds. The van der Waals surface area contributed by atoms with Gasteiger partial charge in [-0.05, 0) is 41.1 Å². The van der Waals surface area contributed by atoms with Crippen molar-refractivity contribution in [2.45, 2.75) is 18.4 Å². The first-order valence-electron chi connectivity index (χ1n) is 6.47. The van der Waals surface area contributed by atoms with Crippen molar-refractivity contribution in [3.8, 4) is 0 Å². The molecule has 1 heterocycles. The van der Waals surface area contributed by atoms with Crippen LogP contribution in [-0.2, 0) is 16.6 Å². The van der Waals surface area contributed by atoms with E-state index in [4.69, 9.17) is 0 Å². The van der Waals surface area contributed by atoms with Crippen molar-refractivity contribution in [1.29, 1.82) is 0 Å². The van der Waals surface area contributed by atoms with Crippen LogP contribution in [0.15, 0.2) is 45.1 Å². The highest BCUT2D eigenvalue weighted by atomic mass is 79.9. The Morgan fingerprint density at radius 2 is 1.90 bits per heavy atom. The molecule has 4 nitrogen and oxygen atoms in total. The summed E-state index contributed by atoms with van der Waals surface area (Å²) >= 11 is 5.07. The van der Waals surface area contributed by atoms with Crippen LogP contribution in [0.4, 0.5) is 0 Å². The molecule has 0 bridgehead atoms. The highest BCUT2D eigenvalue weighted by molar-refractivity contribution is 9.10. The fourth-order valence-electron chi connectivity index (χ4n) is 1.73. The minimum Gasteiger partial charge on any atom is -0.311 e. The maximum absolute atomic E-state index is 12.0. The van der Waals surface area contributed by atoms with Gasteiger partial charge in [0.2, 0.25) is 10.0 Å². The van der Waals surface area contributed by atoms with E-state index in [9.17, 15) is 8.42 Å². The van der Waals surface area contributed by atoms with E-state index in [0.29, 0.717) is 18.0 Å². The third-order valence-electron chi connectivity index (χ3n) is 2.85. The summed E-state index contributed by atoms with van der Waals surface area (Å²) in [5, 5.41) is 5.24. The van der Waals surface area contributed by atoms with E-state index in [1.54, 1.807) is 35.6 Å². The van der Waals surface area contributed by atoms with Gasteiger partial charge in [-0.25, -0.2) is 13.1 Å². The van der Waals surface area contributed by atoms with Crippen molar-refractivity contribution in [3.05, 3.63) is 50.6 Å². The van der Waals surface area contributed by atoms with Gasteiger partial charge in [0.25, 0.3) is 0 Å². The molecule has 1 aromatic carbocycles. The summed E-state index contributed by atoms with van der Waals surface area (Å²) in [4.78, 5) is 1.51. The van der Waals surface area contributed by atoms with Gasteiger partial charge in [0.05, 0.1) is 4.90 Å². The molecular formula is C14H17BrN2O2S2. The van der Waals surface area contributed by atoms with E-state index in [1.165, 1.54) is 4.88 Å². The number of hydrogen-bond donors (Lipinski definition) is 2. The summed E-state index contributed by atoms with van der Waals surface area (Å²) < 4.78 is 27.7. The highest BCUT2D eigenvalue weighted by Crippen LogP contribution is 2.19. The predicted molar refractivity (Wildman–Crippen MR) is 90.1 cm³/mol. The van der Waals surface area contributed by atoms with E-state index < -0.39 is 10.0 Å². The lowest BCUT2D eigenvalue weighted by Crippen LogP contribution is -2.31. The molecule has 21 heavy (non-hydrogen) atoms. The van der Waals surface area contributed by atoms with Gasteiger partial charge in [-0.15, -0.1) is 11.3 Å². The van der Waals surface area contributed by atoms with E-state index in [0.717, 1.165) is 16.6 Å². The maximum atomic E-state index is 12.0. The number of hydrogen-bond acceptors (Lipinski definition) is 4. The molecule has 7 heteroatoms. The number of nitrogens with one attached hydrogen (secondary N) is 2. The minimum absolute atomic E-state index is 0.301. The zero-order valence-corrected chi connectivity index (χ0v) is 14.8. The Bertz CT molecular complexity index is 681. The fourth-order valence-corrected chi connectivity index (χ4v) is 4.19. The van der Waals surface area contributed by atoms with Crippen LogP contribution < -0.4 is 10.0 Å². The normalized spacial score (nSPS) is 11.7. The van der Waals surface area contributed by atoms with Gasteiger partial charge in [0.1, 0.15) is 0 Å². The Balaban J connectivity index is 1.76. The van der Waals surface area contributed by atoms with Gasteiger partial charge >= 0.3 is 0 Å². The Hall–Kier alpha value is -0.730. The Morgan fingerprint density at radius 1 is 1.19 bits per heavy atom. The molecular weight excluding hydrogens is 372 g/mol. The average Bonchev–Trinajstić information content (AvgIpc) is 2.84. The SMILES string of the molecule is Cc1ccc(S(=O)(=O)NCCNCc2cc(Br)cs2)cc1. The van der Waals surface area contributed by atoms with Crippen LogP contribution >= 0.6 is 27.3 Å². The third-order valence-corrected chi connectivity index (χ3v) is 6.02. The number of benzene rings is 1. The monoisotopic (exact) mass is 388 g/mol. The van der Waals surface area contributed by atoms with Crippen molar-refractivity contribution in [2.75, 3.05) is 13.1 Å². The summed E-state index contributed by atoms with van der Waals surface area (Å²) in [7, 11) is -3.41. The molecule has 0 aliphatic rings. The molecule has 2 aromatic rings. The lowest BCUT2D eigenvalue weighted by Gasteiger charge is -2.07. The van der Waals surface area contributed by atoms with Crippen LogP contribution in [-0.4, -0.2) is 21.5 Å². The lowest BCUT2D eigenvalue weighted by atomic mass is 10.2. The average molecular weight is 389 g/mol. The van der Waals surface area contributed by atoms with Gasteiger partial charge in [0.15, 0.2) is 0 Å². The van der Waals surface area contributed by atoms with Crippen molar-refractivity contribution in [2.24, 2.45) is 0 Å². The molecule has 0 aliphatic carbocycles. The van der Waals surface area contributed by atoms with Crippen LogP contribution in [0.25, 0.3) is 0 Å². The molecule has 1 aromatic heterocycles. The van der Waals surface area contributed by atoms with Crippen LogP contribution in [0.5, 0.6) is 0 Å². The quantitative estimate of drug-likeness (QED) is 0.716. The third kappa shape index (κ3) is 5.19. The summed E-state index contributed by atoms with van der Waals surface area (Å²) in [6, 6.07) is 8.87. The molecule has 0 saturated carbocycles. The topological polar surface area (TPSA) is 58.2 Å². The molecule has 0 spiro atoms. The van der Waals surface area contributed by atoms with Gasteiger partial charge in [-0.2, -0.15) is 0 Å². The first-order chi connectivity index (χ1) is 9.97. The van der Waals surface area contributed by atoms with Crippen molar-refractivity contribution >= 4 is 37.3 Å². The van der Waals surface area contributed by atoms with Crippen molar-refractivity contribution in [3.63, 3.8) is 0 Å². The number of sulfonamides is 1. The second-order valence-corrected chi connectivity index (χ2v) is 8.30. The largest absolute Gasteiger partial charge is 0.311 e. The Kier molecular flexibility index (Phi) is 5.95. The van der Waals surface area contributed by atoms with Crippen LogP contribution in [0.1, 0.15) is 10.4 Å². The number of rotatable bonds is 7. The molecule has 0 saturated heterocycles. The zero-order valence-electron chi connectivity index (χ0n) is 11.6. The van der Waals surface area contributed by atoms with Gasteiger partial charge in [-0.3, -0.25) is 0 Å². The first kappa shape index (κ1) is 16.6. The summed E-state index contributed by atoms with van der Waals surface area (Å²) in [6.07, 6.45) is 0. The Morgan fingerprint density at radius 3 is 2.52 bits per heavy atom. The van der Waals surface area contributed by atoms with Crippen LogP contribution in [0.2, 0.25) is 0 Å². The molecule has 0 aliphatic heterocycles. The van der Waals surface area contributed by atoms with E-state index in [2.05, 4.69) is 26.0 Å². The second kappa shape index (κ2) is 7.51. The first-order valence-corrected chi connectivity index (χ1v) is 9.63. The number of thiophene rings is 1. The Labute approximate surface area is 137 Å². The van der Waals surface area contributed by atoms with E-state index >= 15 is 0 Å². The van der Waals surface area contributed by atoms with Crippen molar-refractivity contribution in [1.82, 2.24) is 10.0 Å². The molecule has 0 fully saturated rings. The molecule has 114 valence electrons. The van der Waals surface area contributed by atoms with Gasteiger partial charge < -0.3 is 5.32 Å². The molecule has 2 rings (SSSR count). The van der Waals surface area contributed by atoms with Crippen LogP contribution in [0.3, 0.4) is 0 Å². The molecule has 0 radical (unpaired) electrons. The van der Waals surface area contributed by atoms with Crippen LogP contribution in [0, 0.1) is 6.92 Å². The highest BCUT2D eigenvalue weighted by Gasteiger charge is 2.12. The lowest BCUT2D eigenvalue weighted by molar-refractivity contribution is 0.576. The van der Waals surface area contributed by atoms with Crippen molar-refractivity contribution < 1.29 is 8.42 Å². The summed E-state index contributed by atoms with van der Waals surface area (Å²) in [6.45, 7) is 3.61. The predicted octanol–water partition coefficient (Wildman–Crippen LogP) is 2.89. The second-order valence-electron chi connectivity index (χ2n) is 4.62.